The molecule has 19 heavy (non-hydrogen) atoms. The number of piperazine rings is 1. The fraction of sp³-hybridized carbons (Fsp3) is 0.429. The number of benzene rings is 1. The molecule has 1 saturated heterocycles. The van der Waals surface area contributed by atoms with Gasteiger partial charge in [-0.25, -0.2) is 0 Å². The van der Waals surface area contributed by atoms with E-state index in [0.717, 1.165) is 36.2 Å². The molecule has 0 aliphatic carbocycles. The van der Waals surface area contributed by atoms with Gasteiger partial charge in [0, 0.05) is 36.2 Å². The molecule has 0 unspecified atom stereocenters. The van der Waals surface area contributed by atoms with Crippen molar-refractivity contribution in [2.45, 2.75) is 6.04 Å². The lowest BCUT2D eigenvalue weighted by Gasteiger charge is -2.34. The van der Waals surface area contributed by atoms with Crippen LogP contribution in [0.25, 0.3) is 0 Å². The summed E-state index contributed by atoms with van der Waals surface area (Å²) in [4.78, 5) is 2.30. The highest BCUT2D eigenvalue weighted by Gasteiger charge is 2.23. The molecule has 104 valence electrons. The predicted molar refractivity (Wildman–Crippen MR) is 79.7 cm³/mol. The maximum Gasteiger partial charge on any atom is 0.162 e. The molecule has 0 radical (unpaired) electrons. The molecule has 1 aliphatic heterocycles. The minimum absolute atomic E-state index is 0.00602. The first-order valence-electron chi connectivity index (χ1n) is 6.31. The molecule has 2 rings (SSSR count). The topological polar surface area (TPSA) is 44.7 Å². The summed E-state index contributed by atoms with van der Waals surface area (Å²) < 4.78 is 6.09. The maximum absolute atomic E-state index is 10.3. The van der Waals surface area contributed by atoms with Gasteiger partial charge < -0.3 is 15.2 Å². The molecule has 1 aromatic rings. The average molecular weight is 327 g/mol. The van der Waals surface area contributed by atoms with Crippen molar-refractivity contribution in [2.75, 3.05) is 33.3 Å². The maximum atomic E-state index is 10.3. The van der Waals surface area contributed by atoms with Gasteiger partial charge >= 0.3 is 0 Å². The van der Waals surface area contributed by atoms with Gasteiger partial charge in [-0.15, -0.1) is 6.58 Å². The van der Waals surface area contributed by atoms with E-state index in [4.69, 9.17) is 4.74 Å². The highest BCUT2D eigenvalue weighted by molar-refractivity contribution is 9.10. The summed E-state index contributed by atoms with van der Waals surface area (Å²) in [5.74, 6) is 0.667. The first-order chi connectivity index (χ1) is 9.17. The summed E-state index contributed by atoms with van der Waals surface area (Å²) in [5.41, 5.74) is 0.822. The molecule has 0 amide bonds. The summed E-state index contributed by atoms with van der Waals surface area (Å²) >= 11 is 3.45. The van der Waals surface area contributed by atoms with E-state index in [1.165, 1.54) is 0 Å². The van der Waals surface area contributed by atoms with Crippen molar-refractivity contribution in [1.82, 2.24) is 10.2 Å². The van der Waals surface area contributed by atoms with Crippen LogP contribution in [0.1, 0.15) is 11.6 Å². The number of ether oxygens (including phenoxy) is 1. The quantitative estimate of drug-likeness (QED) is 0.833. The zero-order valence-electron chi connectivity index (χ0n) is 11.0. The summed E-state index contributed by atoms with van der Waals surface area (Å²) in [6, 6.07) is 3.68. The Kier molecular flexibility index (Phi) is 4.85. The number of aromatic hydroxyl groups is 1. The van der Waals surface area contributed by atoms with Gasteiger partial charge in [0.25, 0.3) is 0 Å². The Morgan fingerprint density at radius 1 is 1.47 bits per heavy atom. The molecule has 0 bridgehead atoms. The molecular formula is C14H19BrN2O2. The number of rotatable bonds is 4. The summed E-state index contributed by atoms with van der Waals surface area (Å²) in [7, 11) is 1.55. The number of hydrogen-bond acceptors (Lipinski definition) is 4. The van der Waals surface area contributed by atoms with Crippen LogP contribution in [0.4, 0.5) is 0 Å². The monoisotopic (exact) mass is 326 g/mol. The Morgan fingerprint density at radius 3 is 2.74 bits per heavy atom. The molecule has 1 aliphatic rings. The minimum atomic E-state index is -0.00602. The Morgan fingerprint density at radius 2 is 2.16 bits per heavy atom. The number of hydrogen-bond donors (Lipinski definition) is 2. The van der Waals surface area contributed by atoms with Crippen molar-refractivity contribution in [1.29, 1.82) is 0 Å². The van der Waals surface area contributed by atoms with Crippen molar-refractivity contribution in [3.8, 4) is 11.5 Å². The van der Waals surface area contributed by atoms with Crippen molar-refractivity contribution >= 4 is 15.9 Å². The normalized spacial score (nSPS) is 18.0. The second kappa shape index (κ2) is 6.41. The third-order valence-corrected chi connectivity index (χ3v) is 3.83. The lowest BCUT2D eigenvalue weighted by molar-refractivity contribution is 0.200. The van der Waals surface area contributed by atoms with Gasteiger partial charge in [0.15, 0.2) is 11.5 Å². The van der Waals surface area contributed by atoms with Crippen LogP contribution < -0.4 is 10.1 Å². The van der Waals surface area contributed by atoms with E-state index in [1.807, 2.05) is 12.1 Å². The molecule has 1 aromatic carbocycles. The van der Waals surface area contributed by atoms with E-state index in [0.29, 0.717) is 5.75 Å². The average Bonchev–Trinajstić information content (AvgIpc) is 2.44. The van der Waals surface area contributed by atoms with E-state index in [1.54, 1.807) is 13.2 Å². The van der Waals surface area contributed by atoms with Gasteiger partial charge in [-0.05, 0) is 12.1 Å². The number of nitrogens with one attached hydrogen (secondary N) is 1. The van der Waals surface area contributed by atoms with Gasteiger partial charge in [-0.3, -0.25) is 4.90 Å². The third kappa shape index (κ3) is 3.11. The van der Waals surface area contributed by atoms with Crippen molar-refractivity contribution < 1.29 is 9.84 Å². The SMILES string of the molecule is C=C[C@@H](c1cc(Br)cc(OC)c1O)N1CCNCC1. The van der Waals surface area contributed by atoms with Crippen LogP contribution in [-0.4, -0.2) is 43.3 Å². The smallest absolute Gasteiger partial charge is 0.162 e. The van der Waals surface area contributed by atoms with Gasteiger partial charge in [0.2, 0.25) is 0 Å². The summed E-state index contributed by atoms with van der Waals surface area (Å²) in [6.07, 6.45) is 1.87. The van der Waals surface area contributed by atoms with E-state index in [-0.39, 0.29) is 11.8 Å². The number of methoxy groups -OCH3 is 1. The standard InChI is InChI=1S/C14H19BrN2O2/c1-3-12(17-6-4-16-5-7-17)11-8-10(15)9-13(19-2)14(11)18/h3,8-9,12,16,18H,1,4-7H2,2H3/t12-/m0/s1. The molecule has 2 N–H and O–H groups in total. The van der Waals surface area contributed by atoms with Gasteiger partial charge in [0.1, 0.15) is 0 Å². The molecule has 0 spiro atoms. The molecule has 0 saturated carbocycles. The van der Waals surface area contributed by atoms with Crippen LogP contribution in [0.15, 0.2) is 29.3 Å². The summed E-state index contributed by atoms with van der Waals surface area (Å²) in [5, 5.41) is 13.6. The highest BCUT2D eigenvalue weighted by atomic mass is 79.9. The number of phenolic OH excluding ortho intramolecular Hbond substituents is 1. The molecule has 1 fully saturated rings. The Labute approximate surface area is 122 Å². The van der Waals surface area contributed by atoms with E-state index in [9.17, 15) is 5.11 Å². The molecule has 4 nitrogen and oxygen atoms in total. The van der Waals surface area contributed by atoms with Gasteiger partial charge in [-0.1, -0.05) is 22.0 Å². The van der Waals surface area contributed by atoms with Crippen molar-refractivity contribution in [3.05, 3.63) is 34.8 Å². The fourth-order valence-corrected chi connectivity index (χ4v) is 2.86. The summed E-state index contributed by atoms with van der Waals surface area (Å²) in [6.45, 7) is 7.69. The number of halogens is 1. The molecule has 1 heterocycles. The van der Waals surface area contributed by atoms with Gasteiger partial charge in [-0.2, -0.15) is 0 Å². The van der Waals surface area contributed by atoms with Crippen LogP contribution in [0.3, 0.4) is 0 Å². The Hall–Kier alpha value is -1.04. The lowest BCUT2D eigenvalue weighted by Crippen LogP contribution is -2.44. The van der Waals surface area contributed by atoms with E-state index < -0.39 is 0 Å². The van der Waals surface area contributed by atoms with Gasteiger partial charge in [0.05, 0.1) is 13.2 Å². The zero-order valence-corrected chi connectivity index (χ0v) is 12.6. The predicted octanol–water partition coefficient (Wildman–Crippen LogP) is 2.30. The van der Waals surface area contributed by atoms with Crippen LogP contribution in [0.5, 0.6) is 11.5 Å². The van der Waals surface area contributed by atoms with Crippen LogP contribution in [0.2, 0.25) is 0 Å². The second-order valence-electron chi connectivity index (χ2n) is 4.51. The molecular weight excluding hydrogens is 308 g/mol. The number of phenols is 1. The van der Waals surface area contributed by atoms with E-state index >= 15 is 0 Å². The van der Waals surface area contributed by atoms with Crippen molar-refractivity contribution in [2.24, 2.45) is 0 Å². The first-order valence-corrected chi connectivity index (χ1v) is 7.10. The Bertz CT molecular complexity index is 459. The van der Waals surface area contributed by atoms with E-state index in [2.05, 4.69) is 32.7 Å². The second-order valence-corrected chi connectivity index (χ2v) is 5.43. The number of nitrogens with zero attached hydrogens (tertiary/aromatic N) is 1. The molecule has 5 heteroatoms. The van der Waals surface area contributed by atoms with Crippen molar-refractivity contribution in [3.63, 3.8) is 0 Å². The fourth-order valence-electron chi connectivity index (χ4n) is 2.41. The highest BCUT2D eigenvalue weighted by Crippen LogP contribution is 2.39. The first kappa shape index (κ1) is 14.4. The van der Waals surface area contributed by atoms with Crippen LogP contribution in [0, 0.1) is 0 Å². The zero-order chi connectivity index (χ0) is 13.8. The third-order valence-electron chi connectivity index (χ3n) is 3.38. The van der Waals surface area contributed by atoms with Crippen LogP contribution >= 0.6 is 15.9 Å². The largest absolute Gasteiger partial charge is 0.504 e. The molecule has 1 atom stereocenters. The molecule has 0 aromatic heterocycles. The minimum Gasteiger partial charge on any atom is -0.504 e. The Balaban J connectivity index is 2.36. The lowest BCUT2D eigenvalue weighted by atomic mass is 10.0. The van der Waals surface area contributed by atoms with Crippen LogP contribution in [-0.2, 0) is 0 Å².